The minimum atomic E-state index is -0.342. The summed E-state index contributed by atoms with van der Waals surface area (Å²) in [5, 5.41) is 14.6. The van der Waals surface area contributed by atoms with Gasteiger partial charge in [0.25, 0.3) is 0 Å². The average molecular weight is 441 g/mol. The predicted octanol–water partition coefficient (Wildman–Crippen LogP) is 3.06. The Morgan fingerprint density at radius 1 is 1.39 bits per heavy atom. The van der Waals surface area contributed by atoms with E-state index < -0.39 is 0 Å². The first kappa shape index (κ1) is 20.5. The van der Waals surface area contributed by atoms with Crippen LogP contribution in [-0.2, 0) is 16.8 Å². The lowest BCUT2D eigenvalue weighted by Crippen LogP contribution is -2.66. The third-order valence-electron chi connectivity index (χ3n) is 6.60. The van der Waals surface area contributed by atoms with Gasteiger partial charge in [-0.3, -0.25) is 9.69 Å². The van der Waals surface area contributed by atoms with Crippen LogP contribution in [0.15, 0.2) is 29.8 Å². The van der Waals surface area contributed by atoms with Crippen molar-refractivity contribution in [2.45, 2.75) is 37.8 Å². The molecule has 2 aliphatic rings. The summed E-state index contributed by atoms with van der Waals surface area (Å²) in [6, 6.07) is 5.75. The van der Waals surface area contributed by atoms with E-state index in [0.717, 1.165) is 53.4 Å². The van der Waals surface area contributed by atoms with Crippen LogP contribution < -0.4 is 4.74 Å². The van der Waals surface area contributed by atoms with Crippen LogP contribution in [0.1, 0.15) is 42.1 Å². The molecule has 2 aliphatic heterocycles. The van der Waals surface area contributed by atoms with Crippen LogP contribution in [0.25, 0.3) is 10.9 Å². The molecule has 164 valence electrons. The Bertz CT molecular complexity index is 1090. The fourth-order valence-corrected chi connectivity index (χ4v) is 5.99. The molecule has 1 aromatic carbocycles. The predicted molar refractivity (Wildman–Crippen MR) is 120 cm³/mol. The quantitative estimate of drug-likeness (QED) is 0.616. The van der Waals surface area contributed by atoms with Crippen LogP contribution in [0.3, 0.4) is 0 Å². The highest BCUT2D eigenvalue weighted by molar-refractivity contribution is 7.09. The van der Waals surface area contributed by atoms with Gasteiger partial charge in [-0.2, -0.15) is 0 Å². The molecule has 31 heavy (non-hydrogen) atoms. The number of aliphatic hydroxyl groups is 1. The molecule has 0 radical (unpaired) electrons. The smallest absolute Gasteiger partial charge is 0.223 e. The van der Waals surface area contributed by atoms with E-state index >= 15 is 0 Å². The van der Waals surface area contributed by atoms with Crippen molar-refractivity contribution in [3.63, 3.8) is 0 Å². The van der Waals surface area contributed by atoms with Crippen LogP contribution >= 0.6 is 11.3 Å². The number of likely N-dealkylation sites (tertiary alicyclic amines) is 1. The lowest BCUT2D eigenvalue weighted by Gasteiger charge is -2.56. The molecular weight excluding hydrogens is 412 g/mol. The number of fused-ring (bicyclic) bond motifs is 4. The number of carbonyl (C=O) groups excluding carboxylic acids is 1. The van der Waals surface area contributed by atoms with Crippen molar-refractivity contribution in [1.29, 1.82) is 0 Å². The summed E-state index contributed by atoms with van der Waals surface area (Å²) in [6.45, 7) is 5.13. The summed E-state index contributed by atoms with van der Waals surface area (Å²) in [5.74, 6) is 0.903. The van der Waals surface area contributed by atoms with E-state index in [9.17, 15) is 9.90 Å². The van der Waals surface area contributed by atoms with Gasteiger partial charge in [0.05, 0.1) is 26.3 Å². The number of aromatic nitrogens is 2. The standard InChI is InChI=1S/C23H28N4O3S/c1-3-4-20(29)27-14-23(12-26(13-23)10-19-24-7-8-31-19)21-16-6-5-15(30-2)9-17(16)25-22(21)18(27)11-28/h5-9,18,25,28H,3-4,10-14H2,1-2H3/t18-/m0/s1. The topological polar surface area (TPSA) is 81.7 Å². The molecular formula is C23H28N4O3S. The first-order valence-electron chi connectivity index (χ1n) is 10.8. The number of hydrogen-bond donors (Lipinski definition) is 2. The Morgan fingerprint density at radius 3 is 2.90 bits per heavy atom. The van der Waals surface area contributed by atoms with Gasteiger partial charge in [-0.05, 0) is 24.1 Å². The summed E-state index contributed by atoms with van der Waals surface area (Å²) in [5.41, 5.74) is 3.06. The van der Waals surface area contributed by atoms with Gasteiger partial charge in [0, 0.05) is 65.7 Å². The normalized spacial score (nSPS) is 20.1. The molecule has 3 aromatic rings. The third kappa shape index (κ3) is 3.33. The van der Waals surface area contributed by atoms with Gasteiger partial charge in [0.15, 0.2) is 0 Å². The molecule has 1 spiro atoms. The molecule has 7 nitrogen and oxygen atoms in total. The zero-order chi connectivity index (χ0) is 21.6. The van der Waals surface area contributed by atoms with Crippen molar-refractivity contribution < 1.29 is 14.6 Å². The second kappa shape index (κ2) is 7.93. The van der Waals surface area contributed by atoms with Crippen molar-refractivity contribution in [2.24, 2.45) is 0 Å². The Hall–Kier alpha value is -2.42. The minimum absolute atomic E-state index is 0.0919. The maximum Gasteiger partial charge on any atom is 0.223 e. The fourth-order valence-electron chi connectivity index (χ4n) is 5.33. The number of carbonyl (C=O) groups is 1. The zero-order valence-corrected chi connectivity index (χ0v) is 18.7. The Kier molecular flexibility index (Phi) is 5.24. The number of methoxy groups -OCH3 is 1. The first-order chi connectivity index (χ1) is 15.1. The zero-order valence-electron chi connectivity index (χ0n) is 17.9. The molecule has 1 amide bonds. The average Bonchev–Trinajstić information content (AvgIpc) is 3.39. The van der Waals surface area contributed by atoms with E-state index in [1.807, 2.05) is 35.5 Å². The van der Waals surface area contributed by atoms with Crippen molar-refractivity contribution in [3.8, 4) is 5.75 Å². The van der Waals surface area contributed by atoms with Crippen molar-refractivity contribution in [3.05, 3.63) is 46.0 Å². The number of thiazole rings is 1. The fraction of sp³-hybridized carbons (Fsp3) is 0.478. The molecule has 8 heteroatoms. The van der Waals surface area contributed by atoms with Crippen LogP contribution in [-0.4, -0.2) is 64.1 Å². The molecule has 1 saturated heterocycles. The van der Waals surface area contributed by atoms with Crippen molar-refractivity contribution in [2.75, 3.05) is 33.4 Å². The highest BCUT2D eigenvalue weighted by Crippen LogP contribution is 2.49. The molecule has 1 fully saturated rings. The summed E-state index contributed by atoms with van der Waals surface area (Å²) < 4.78 is 5.42. The molecule has 2 N–H and O–H groups in total. The maximum atomic E-state index is 13.0. The van der Waals surface area contributed by atoms with Gasteiger partial charge in [-0.1, -0.05) is 6.92 Å². The van der Waals surface area contributed by atoms with Crippen LogP contribution in [0.4, 0.5) is 0 Å². The number of aliphatic hydroxyl groups excluding tert-OH is 1. The number of aromatic amines is 1. The van der Waals surface area contributed by atoms with E-state index in [-0.39, 0.29) is 24.0 Å². The van der Waals surface area contributed by atoms with Gasteiger partial charge < -0.3 is 19.7 Å². The molecule has 1 atom stereocenters. The molecule has 0 saturated carbocycles. The first-order valence-corrected chi connectivity index (χ1v) is 11.7. The second-order valence-corrected chi connectivity index (χ2v) is 9.63. The van der Waals surface area contributed by atoms with Gasteiger partial charge in [-0.25, -0.2) is 4.98 Å². The van der Waals surface area contributed by atoms with Gasteiger partial charge in [-0.15, -0.1) is 11.3 Å². The largest absolute Gasteiger partial charge is 0.497 e. The number of ether oxygens (including phenoxy) is 1. The van der Waals surface area contributed by atoms with E-state index in [2.05, 4.69) is 20.9 Å². The summed E-state index contributed by atoms with van der Waals surface area (Å²) in [7, 11) is 1.66. The molecule has 2 aromatic heterocycles. The number of nitrogens with zero attached hydrogens (tertiary/aromatic N) is 3. The SMILES string of the molecule is CCCC(=O)N1CC2(CN(Cc3nccs3)C2)c2c([nH]c3cc(OC)ccc23)[C@@H]1CO. The summed E-state index contributed by atoms with van der Waals surface area (Å²) in [6.07, 6.45) is 3.14. The van der Waals surface area contributed by atoms with E-state index in [1.54, 1.807) is 18.4 Å². The highest BCUT2D eigenvalue weighted by atomic mass is 32.1. The van der Waals surface area contributed by atoms with Crippen LogP contribution in [0.5, 0.6) is 5.75 Å². The third-order valence-corrected chi connectivity index (χ3v) is 7.36. The van der Waals surface area contributed by atoms with Crippen LogP contribution in [0, 0.1) is 0 Å². The Labute approximate surface area is 185 Å². The van der Waals surface area contributed by atoms with Crippen LogP contribution in [0.2, 0.25) is 0 Å². The minimum Gasteiger partial charge on any atom is -0.497 e. The van der Waals surface area contributed by atoms with Crippen molar-refractivity contribution >= 4 is 28.1 Å². The summed E-state index contributed by atoms with van der Waals surface area (Å²) >= 11 is 1.68. The lowest BCUT2D eigenvalue weighted by molar-refractivity contribution is -0.139. The lowest BCUT2D eigenvalue weighted by atomic mass is 9.68. The van der Waals surface area contributed by atoms with E-state index in [1.165, 1.54) is 5.56 Å². The number of benzene rings is 1. The van der Waals surface area contributed by atoms with Gasteiger partial charge >= 0.3 is 0 Å². The summed E-state index contributed by atoms with van der Waals surface area (Å²) in [4.78, 5) is 25.3. The monoisotopic (exact) mass is 440 g/mol. The number of hydrogen-bond acceptors (Lipinski definition) is 6. The molecule has 5 rings (SSSR count). The highest BCUT2D eigenvalue weighted by Gasteiger charge is 2.53. The van der Waals surface area contributed by atoms with E-state index in [0.29, 0.717) is 13.0 Å². The second-order valence-electron chi connectivity index (χ2n) is 8.65. The Morgan fingerprint density at radius 2 is 2.23 bits per heavy atom. The van der Waals surface area contributed by atoms with Crippen molar-refractivity contribution in [1.82, 2.24) is 19.8 Å². The molecule has 0 aliphatic carbocycles. The van der Waals surface area contributed by atoms with E-state index in [4.69, 9.17) is 4.74 Å². The number of amides is 1. The number of nitrogens with one attached hydrogen (secondary N) is 1. The molecule has 0 bridgehead atoms. The van der Waals surface area contributed by atoms with Gasteiger partial charge in [0.2, 0.25) is 5.91 Å². The maximum absolute atomic E-state index is 13.0. The number of rotatable bonds is 6. The Balaban J connectivity index is 1.57. The van der Waals surface area contributed by atoms with Gasteiger partial charge in [0.1, 0.15) is 10.8 Å². The molecule has 4 heterocycles. The number of H-pyrrole nitrogens is 1. The molecule has 0 unspecified atom stereocenters.